The second kappa shape index (κ2) is 6.22. The predicted octanol–water partition coefficient (Wildman–Crippen LogP) is 1.57. The topological polar surface area (TPSA) is 64.0 Å². The molecule has 2 rings (SSSR count). The zero-order valence-corrected chi connectivity index (χ0v) is 13.1. The van der Waals surface area contributed by atoms with Crippen LogP contribution in [0.5, 0.6) is 5.75 Å². The number of carbonyl (C=O) groups excluding carboxylic acids is 1. The molecule has 0 aromatic heterocycles. The smallest absolute Gasteiger partial charge is 0.257 e. The van der Waals surface area contributed by atoms with Crippen molar-refractivity contribution in [3.8, 4) is 5.75 Å². The van der Waals surface area contributed by atoms with Gasteiger partial charge in [-0.2, -0.15) is 0 Å². The number of carbonyl (C=O) groups is 1. The molecule has 1 aromatic carbocycles. The molecular formula is C15H21ClN2O3. The Morgan fingerprint density at radius 2 is 2.19 bits per heavy atom. The first-order valence-electron chi connectivity index (χ1n) is 6.96. The van der Waals surface area contributed by atoms with E-state index in [0.717, 1.165) is 6.42 Å². The molecule has 116 valence electrons. The number of rotatable bonds is 3. The van der Waals surface area contributed by atoms with Crippen LogP contribution in [0.1, 0.15) is 23.2 Å². The maximum atomic E-state index is 12.5. The molecule has 1 saturated heterocycles. The summed E-state index contributed by atoms with van der Waals surface area (Å²) in [4.78, 5) is 16.0. The summed E-state index contributed by atoms with van der Waals surface area (Å²) >= 11 is 5.78. The first kappa shape index (κ1) is 16.1. The van der Waals surface area contributed by atoms with Gasteiger partial charge in [0.25, 0.3) is 5.91 Å². The summed E-state index contributed by atoms with van der Waals surface area (Å²) in [5, 5.41) is 20.8. The molecular weight excluding hydrogens is 292 g/mol. The van der Waals surface area contributed by atoms with Crippen molar-refractivity contribution in [1.29, 1.82) is 0 Å². The van der Waals surface area contributed by atoms with Crippen LogP contribution in [-0.2, 0) is 0 Å². The van der Waals surface area contributed by atoms with Crippen molar-refractivity contribution in [3.05, 3.63) is 28.8 Å². The van der Waals surface area contributed by atoms with Gasteiger partial charge in [-0.3, -0.25) is 4.79 Å². The van der Waals surface area contributed by atoms with Gasteiger partial charge in [-0.25, -0.2) is 0 Å². The van der Waals surface area contributed by atoms with Gasteiger partial charge in [-0.1, -0.05) is 11.6 Å². The van der Waals surface area contributed by atoms with E-state index < -0.39 is 5.60 Å². The molecule has 0 aliphatic carbocycles. The zero-order valence-electron chi connectivity index (χ0n) is 12.3. The van der Waals surface area contributed by atoms with E-state index in [0.29, 0.717) is 24.5 Å². The number of likely N-dealkylation sites (tertiary alicyclic amines) is 1. The second-order valence-electron chi connectivity index (χ2n) is 5.95. The van der Waals surface area contributed by atoms with Crippen molar-refractivity contribution < 1.29 is 15.0 Å². The fourth-order valence-corrected chi connectivity index (χ4v) is 3.03. The van der Waals surface area contributed by atoms with Crippen LogP contribution in [0.3, 0.4) is 0 Å². The number of hydrogen-bond donors (Lipinski definition) is 2. The van der Waals surface area contributed by atoms with Crippen LogP contribution in [0.25, 0.3) is 0 Å². The number of aromatic hydroxyl groups is 1. The molecule has 0 bridgehead atoms. The summed E-state index contributed by atoms with van der Waals surface area (Å²) in [5.41, 5.74) is -0.687. The maximum absolute atomic E-state index is 12.5. The minimum absolute atomic E-state index is 0.130. The van der Waals surface area contributed by atoms with E-state index in [2.05, 4.69) is 0 Å². The third-order valence-corrected chi connectivity index (χ3v) is 3.88. The predicted molar refractivity (Wildman–Crippen MR) is 81.8 cm³/mol. The molecule has 5 nitrogen and oxygen atoms in total. The van der Waals surface area contributed by atoms with Crippen LogP contribution >= 0.6 is 11.6 Å². The molecule has 1 aliphatic heterocycles. The highest BCUT2D eigenvalue weighted by Gasteiger charge is 2.36. The van der Waals surface area contributed by atoms with Gasteiger partial charge in [0.1, 0.15) is 5.75 Å². The molecule has 1 atom stereocenters. The van der Waals surface area contributed by atoms with E-state index in [1.165, 1.54) is 12.1 Å². The lowest BCUT2D eigenvalue weighted by Crippen LogP contribution is -2.54. The van der Waals surface area contributed by atoms with Gasteiger partial charge in [-0.05, 0) is 45.1 Å². The number of phenols is 1. The average molecular weight is 313 g/mol. The molecule has 0 spiro atoms. The van der Waals surface area contributed by atoms with Crippen molar-refractivity contribution in [2.45, 2.75) is 18.4 Å². The number of hydrogen-bond acceptors (Lipinski definition) is 4. The van der Waals surface area contributed by atoms with E-state index >= 15 is 0 Å². The summed E-state index contributed by atoms with van der Waals surface area (Å²) < 4.78 is 0. The highest BCUT2D eigenvalue weighted by atomic mass is 35.5. The fourth-order valence-electron chi connectivity index (χ4n) is 2.86. The number of aliphatic hydroxyl groups is 1. The number of halogens is 1. The Hall–Kier alpha value is -1.30. The van der Waals surface area contributed by atoms with Crippen LogP contribution < -0.4 is 0 Å². The Labute approximate surface area is 129 Å². The molecule has 1 unspecified atom stereocenters. The minimum atomic E-state index is -0.903. The SMILES string of the molecule is CN(C)CC1(O)CCCN(C(=O)c2ccc(Cl)cc2O)C1. The van der Waals surface area contributed by atoms with E-state index in [-0.39, 0.29) is 23.8 Å². The van der Waals surface area contributed by atoms with Crippen molar-refractivity contribution >= 4 is 17.5 Å². The molecule has 1 fully saturated rings. The van der Waals surface area contributed by atoms with Crippen LogP contribution in [0.2, 0.25) is 5.02 Å². The van der Waals surface area contributed by atoms with E-state index in [9.17, 15) is 15.0 Å². The van der Waals surface area contributed by atoms with Crippen LogP contribution in [-0.4, -0.2) is 65.3 Å². The number of phenolic OH excluding ortho intramolecular Hbond substituents is 1. The quantitative estimate of drug-likeness (QED) is 0.889. The van der Waals surface area contributed by atoms with Crippen molar-refractivity contribution in [2.75, 3.05) is 33.7 Å². The summed E-state index contributed by atoms with van der Waals surface area (Å²) in [6, 6.07) is 4.44. The molecule has 2 N–H and O–H groups in total. The molecule has 6 heteroatoms. The lowest BCUT2D eigenvalue weighted by Gasteiger charge is -2.40. The number of benzene rings is 1. The Bertz CT molecular complexity index is 536. The molecule has 21 heavy (non-hydrogen) atoms. The van der Waals surface area contributed by atoms with E-state index in [4.69, 9.17) is 11.6 Å². The normalized spacial score (nSPS) is 22.6. The monoisotopic (exact) mass is 312 g/mol. The number of β-amino-alcohol motifs (C(OH)–C–C–N with tert-alkyl or cyclic N) is 1. The molecule has 0 saturated carbocycles. The highest BCUT2D eigenvalue weighted by molar-refractivity contribution is 6.30. The van der Waals surface area contributed by atoms with Gasteiger partial charge in [0.15, 0.2) is 0 Å². The second-order valence-corrected chi connectivity index (χ2v) is 6.39. The van der Waals surface area contributed by atoms with Gasteiger partial charge in [0, 0.05) is 18.1 Å². The van der Waals surface area contributed by atoms with Gasteiger partial charge >= 0.3 is 0 Å². The zero-order chi connectivity index (χ0) is 15.6. The summed E-state index contributed by atoms with van der Waals surface area (Å²) in [6.07, 6.45) is 1.41. The molecule has 1 amide bonds. The Kier molecular flexibility index (Phi) is 4.76. The van der Waals surface area contributed by atoms with Crippen LogP contribution in [0.15, 0.2) is 18.2 Å². The summed E-state index contributed by atoms with van der Waals surface area (Å²) in [6.45, 7) is 1.35. The molecule has 1 heterocycles. The largest absolute Gasteiger partial charge is 0.507 e. The van der Waals surface area contributed by atoms with Crippen LogP contribution in [0, 0.1) is 0 Å². The van der Waals surface area contributed by atoms with Gasteiger partial charge < -0.3 is 20.0 Å². The Morgan fingerprint density at radius 3 is 2.81 bits per heavy atom. The van der Waals surface area contributed by atoms with Gasteiger partial charge in [0.2, 0.25) is 0 Å². The Morgan fingerprint density at radius 1 is 1.48 bits per heavy atom. The number of likely N-dealkylation sites (N-methyl/N-ethyl adjacent to an activating group) is 1. The highest BCUT2D eigenvalue weighted by Crippen LogP contribution is 2.27. The number of amides is 1. The standard InChI is InChI=1S/C15H21ClN2O3/c1-17(2)9-15(21)6-3-7-18(10-15)14(20)12-5-4-11(16)8-13(12)19/h4-5,8,19,21H,3,6-7,9-10H2,1-2H3. The number of piperidine rings is 1. The third-order valence-electron chi connectivity index (χ3n) is 3.64. The summed E-state index contributed by atoms with van der Waals surface area (Å²) in [5.74, 6) is -0.407. The molecule has 0 radical (unpaired) electrons. The van der Waals surface area contributed by atoms with Gasteiger partial charge in [0.05, 0.1) is 17.7 Å². The first-order chi connectivity index (χ1) is 9.81. The van der Waals surface area contributed by atoms with Crippen molar-refractivity contribution in [3.63, 3.8) is 0 Å². The average Bonchev–Trinajstić information content (AvgIpc) is 2.36. The minimum Gasteiger partial charge on any atom is -0.507 e. The van der Waals surface area contributed by atoms with Crippen molar-refractivity contribution in [2.24, 2.45) is 0 Å². The number of nitrogens with zero attached hydrogens (tertiary/aromatic N) is 2. The maximum Gasteiger partial charge on any atom is 0.257 e. The third kappa shape index (κ3) is 3.87. The molecule has 1 aromatic rings. The Balaban J connectivity index is 2.15. The fraction of sp³-hybridized carbons (Fsp3) is 0.533. The van der Waals surface area contributed by atoms with E-state index in [1.807, 2.05) is 19.0 Å². The lowest BCUT2D eigenvalue weighted by molar-refractivity contribution is -0.0392. The first-order valence-corrected chi connectivity index (χ1v) is 7.33. The van der Waals surface area contributed by atoms with Crippen LogP contribution in [0.4, 0.5) is 0 Å². The lowest BCUT2D eigenvalue weighted by atomic mass is 9.92. The van der Waals surface area contributed by atoms with Crippen molar-refractivity contribution in [1.82, 2.24) is 9.80 Å². The summed E-state index contributed by atoms with van der Waals surface area (Å²) in [7, 11) is 3.79. The molecule has 1 aliphatic rings. The van der Waals surface area contributed by atoms with E-state index in [1.54, 1.807) is 11.0 Å². The van der Waals surface area contributed by atoms with Gasteiger partial charge in [-0.15, -0.1) is 0 Å².